The quantitative estimate of drug-likeness (QED) is 0.0685. The second kappa shape index (κ2) is 19.5. The van der Waals surface area contributed by atoms with Crippen LogP contribution >= 0.6 is 0 Å². The number of rotatable bonds is 21. The summed E-state index contributed by atoms with van der Waals surface area (Å²) in [7, 11) is 0. The van der Waals surface area contributed by atoms with Crippen LogP contribution < -0.4 is 33.3 Å². The summed E-state index contributed by atoms with van der Waals surface area (Å²) in [4.78, 5) is 16.4. The van der Waals surface area contributed by atoms with Gasteiger partial charge in [0.25, 0.3) is 5.91 Å². The Labute approximate surface area is 361 Å². The lowest BCUT2D eigenvalue weighted by Gasteiger charge is -2.40. The molecule has 0 bridgehead atoms. The Kier molecular flexibility index (Phi) is 13.2. The van der Waals surface area contributed by atoms with Gasteiger partial charge in [-0.05, 0) is 97.3 Å². The summed E-state index contributed by atoms with van der Waals surface area (Å²) >= 11 is 0. The number of carbonyl (C=O) groups is 1. The number of anilines is 1. The smallest absolute Gasteiger partial charge is 0.260 e. The highest BCUT2D eigenvalue weighted by atomic mass is 16.6. The summed E-state index contributed by atoms with van der Waals surface area (Å²) in [5.41, 5.74) is 2.72. The van der Waals surface area contributed by atoms with Crippen molar-refractivity contribution in [2.45, 2.75) is 50.2 Å². The lowest BCUT2D eigenvalue weighted by Crippen LogP contribution is -2.46. The lowest BCUT2D eigenvalue weighted by molar-refractivity contribution is 0.0624. The van der Waals surface area contributed by atoms with E-state index in [0.29, 0.717) is 46.7 Å². The van der Waals surface area contributed by atoms with Crippen molar-refractivity contribution in [3.05, 3.63) is 174 Å². The number of nitrogens with zero attached hydrogens (tertiary/aromatic N) is 1. The van der Waals surface area contributed by atoms with Crippen LogP contribution in [0.2, 0.25) is 0 Å². The Morgan fingerprint density at radius 2 is 1.10 bits per heavy atom. The summed E-state index contributed by atoms with van der Waals surface area (Å²) in [5.74, 6) is 3.53. The van der Waals surface area contributed by atoms with Crippen LogP contribution in [0.3, 0.4) is 0 Å². The predicted octanol–water partition coefficient (Wildman–Crippen LogP) is 8.23. The highest BCUT2D eigenvalue weighted by molar-refractivity contribution is 6.13. The first-order chi connectivity index (χ1) is 30.3. The lowest BCUT2D eigenvalue weighted by atomic mass is 9.76. The average molecular weight is 838 g/mol. The molecule has 2 aliphatic rings. The van der Waals surface area contributed by atoms with Gasteiger partial charge in [0.05, 0.1) is 25.4 Å². The fraction of sp³-hybridized carbons (Fsp3) is 0.275. The third kappa shape index (κ3) is 9.81. The van der Waals surface area contributed by atoms with Gasteiger partial charge in [0, 0.05) is 29.8 Å². The number of epoxide rings is 1. The summed E-state index contributed by atoms with van der Waals surface area (Å²) in [5, 5.41) is 21.5. The van der Waals surface area contributed by atoms with Gasteiger partial charge in [-0.1, -0.05) is 72.8 Å². The van der Waals surface area contributed by atoms with E-state index in [1.54, 1.807) is 6.07 Å². The van der Waals surface area contributed by atoms with Crippen molar-refractivity contribution in [2.75, 3.05) is 44.5 Å². The maximum atomic E-state index is 14.5. The third-order valence-corrected chi connectivity index (χ3v) is 10.7. The van der Waals surface area contributed by atoms with Crippen LogP contribution in [0.5, 0.6) is 34.5 Å². The van der Waals surface area contributed by atoms with Crippen molar-refractivity contribution in [3.63, 3.8) is 0 Å². The van der Waals surface area contributed by atoms with E-state index in [-0.39, 0.29) is 44.5 Å². The van der Waals surface area contributed by atoms with Crippen molar-refractivity contribution in [2.24, 2.45) is 0 Å². The van der Waals surface area contributed by atoms with Crippen LogP contribution in [-0.2, 0) is 10.3 Å². The zero-order chi connectivity index (χ0) is 42.9. The van der Waals surface area contributed by atoms with Crippen molar-refractivity contribution < 1.29 is 48.2 Å². The Hall–Kier alpha value is -6.53. The van der Waals surface area contributed by atoms with Gasteiger partial charge < -0.3 is 43.4 Å². The van der Waals surface area contributed by atoms with E-state index in [2.05, 4.69) is 0 Å². The van der Waals surface area contributed by atoms with E-state index in [4.69, 9.17) is 33.2 Å². The minimum Gasteiger partial charge on any atom is -0.494 e. The standard InChI is InChI=1S/C51H51NO10/c1-3-56-43-13-9-14-44(28-43)59-32-39(53)30-57-41-23-19-36(20-24-41)51(49-18-8-7-17-48(49)50(55)52(51)38-11-5-4-6-12-38)37-21-25-42(26-22-37)58-31-40(54)33-60-45-15-10-16-46(29-45)62-35(2)27-47-34-61-47/h4-26,28-29,35,39-40,47,53-54H,3,27,30-34H2,1-2H3. The number of benzene rings is 6. The maximum absolute atomic E-state index is 14.5. The molecule has 0 saturated carbocycles. The molecule has 1 fully saturated rings. The Morgan fingerprint density at radius 3 is 1.65 bits per heavy atom. The van der Waals surface area contributed by atoms with Gasteiger partial charge in [-0.15, -0.1) is 0 Å². The van der Waals surface area contributed by atoms with Crippen LogP contribution in [0, 0.1) is 0 Å². The van der Waals surface area contributed by atoms with E-state index in [1.807, 2.05) is 164 Å². The molecule has 0 aromatic heterocycles. The highest BCUT2D eigenvalue weighted by Crippen LogP contribution is 2.51. The van der Waals surface area contributed by atoms with Gasteiger partial charge in [-0.2, -0.15) is 0 Å². The molecule has 0 radical (unpaired) electrons. The predicted molar refractivity (Wildman–Crippen MR) is 235 cm³/mol. The Morgan fingerprint density at radius 1 is 0.613 bits per heavy atom. The molecule has 11 heteroatoms. The number of carbonyl (C=O) groups excluding carboxylic acids is 1. The summed E-state index contributed by atoms with van der Waals surface area (Å²) in [6, 6.07) is 47.2. The molecule has 62 heavy (non-hydrogen) atoms. The molecule has 6 aromatic carbocycles. The SMILES string of the molecule is CCOc1cccc(OCC(O)COc2ccc(C3(c4ccc(OCC(O)COc5cccc(OC(C)CC6CO6)c5)cc4)c4ccccc4C(=O)N3c3ccccc3)cc2)c1. The van der Waals surface area contributed by atoms with E-state index in [9.17, 15) is 15.0 Å². The molecule has 5 unspecified atom stereocenters. The second-order valence-electron chi connectivity index (χ2n) is 15.3. The molecule has 11 nitrogen and oxygen atoms in total. The first kappa shape index (κ1) is 42.2. The minimum absolute atomic E-state index is 0.0000482. The minimum atomic E-state index is -1.08. The van der Waals surface area contributed by atoms with Crippen LogP contribution in [0.1, 0.15) is 47.3 Å². The van der Waals surface area contributed by atoms with Crippen molar-refractivity contribution >= 4 is 11.6 Å². The molecule has 1 amide bonds. The number of aliphatic hydroxyl groups excluding tert-OH is 2. The molecule has 6 aromatic rings. The monoisotopic (exact) mass is 837 g/mol. The molecule has 1 saturated heterocycles. The fourth-order valence-electron chi connectivity index (χ4n) is 7.77. The summed E-state index contributed by atoms with van der Waals surface area (Å²) < 4.78 is 40.6. The van der Waals surface area contributed by atoms with E-state index in [1.165, 1.54) is 0 Å². The molecule has 0 aliphatic carbocycles. The normalized spacial score (nSPS) is 18.0. The second-order valence-corrected chi connectivity index (χ2v) is 15.3. The van der Waals surface area contributed by atoms with Gasteiger partial charge in [-0.25, -0.2) is 0 Å². The van der Waals surface area contributed by atoms with Crippen LogP contribution in [0.4, 0.5) is 5.69 Å². The molecule has 2 N–H and O–H groups in total. The highest BCUT2D eigenvalue weighted by Gasteiger charge is 2.52. The van der Waals surface area contributed by atoms with Gasteiger partial charge in [0.2, 0.25) is 0 Å². The number of amides is 1. The van der Waals surface area contributed by atoms with Gasteiger partial charge >= 0.3 is 0 Å². The van der Waals surface area contributed by atoms with Crippen molar-refractivity contribution in [3.8, 4) is 34.5 Å². The first-order valence-corrected chi connectivity index (χ1v) is 21.0. The fourth-order valence-corrected chi connectivity index (χ4v) is 7.77. The summed E-state index contributed by atoms with van der Waals surface area (Å²) in [6.07, 6.45) is -0.675. The van der Waals surface area contributed by atoms with Crippen molar-refractivity contribution in [1.29, 1.82) is 0 Å². The number of aliphatic hydroxyl groups is 2. The molecule has 0 spiro atoms. The van der Waals surface area contributed by atoms with Gasteiger partial charge in [0.1, 0.15) is 78.7 Å². The molecule has 2 aliphatic heterocycles. The Bertz CT molecular complexity index is 2390. The molecule has 320 valence electrons. The molecule has 2 heterocycles. The number of hydrogen-bond donors (Lipinski definition) is 2. The zero-order valence-corrected chi connectivity index (χ0v) is 34.8. The number of para-hydroxylation sites is 1. The summed E-state index contributed by atoms with van der Waals surface area (Å²) in [6.45, 7) is 5.33. The molecular weight excluding hydrogens is 787 g/mol. The average Bonchev–Trinajstić information content (AvgIpc) is 4.08. The molecule has 5 atom stereocenters. The number of ether oxygens (including phenoxy) is 7. The largest absolute Gasteiger partial charge is 0.494 e. The first-order valence-electron chi connectivity index (χ1n) is 21.0. The van der Waals surface area contributed by atoms with Crippen LogP contribution in [0.25, 0.3) is 0 Å². The Balaban J connectivity index is 0.976. The van der Waals surface area contributed by atoms with E-state index >= 15 is 0 Å². The molecular formula is C51H51NO10. The number of hydrogen-bond acceptors (Lipinski definition) is 10. The van der Waals surface area contributed by atoms with Crippen molar-refractivity contribution in [1.82, 2.24) is 0 Å². The van der Waals surface area contributed by atoms with Crippen LogP contribution in [0.15, 0.2) is 152 Å². The van der Waals surface area contributed by atoms with Gasteiger partial charge in [-0.3, -0.25) is 9.69 Å². The van der Waals surface area contributed by atoms with E-state index in [0.717, 1.165) is 35.4 Å². The molecule has 8 rings (SSSR count). The zero-order valence-electron chi connectivity index (χ0n) is 34.8. The van der Waals surface area contributed by atoms with E-state index < -0.39 is 17.7 Å². The topological polar surface area (TPSA) is 129 Å². The van der Waals surface area contributed by atoms with Gasteiger partial charge in [0.15, 0.2) is 0 Å². The number of fused-ring (bicyclic) bond motifs is 1. The maximum Gasteiger partial charge on any atom is 0.260 e. The third-order valence-electron chi connectivity index (χ3n) is 10.7. The van der Waals surface area contributed by atoms with Crippen LogP contribution in [-0.4, -0.2) is 80.2 Å².